The van der Waals surface area contributed by atoms with Gasteiger partial charge in [-0.05, 0) is 36.8 Å². The fourth-order valence-corrected chi connectivity index (χ4v) is 4.19. The van der Waals surface area contributed by atoms with E-state index in [4.69, 9.17) is 4.74 Å². The molecule has 3 rings (SSSR count). The molecule has 1 saturated carbocycles. The van der Waals surface area contributed by atoms with Crippen molar-refractivity contribution in [2.75, 3.05) is 7.11 Å². The maximum absolute atomic E-state index is 13.6. The highest BCUT2D eigenvalue weighted by molar-refractivity contribution is 6.02. The number of methoxy groups -OCH3 is 1. The van der Waals surface area contributed by atoms with Gasteiger partial charge in [0, 0.05) is 5.41 Å². The normalized spacial score (nSPS) is 19.6. The Hall–Kier alpha value is -2.42. The summed E-state index contributed by atoms with van der Waals surface area (Å²) in [5.41, 5.74) is 1.72. The summed E-state index contributed by atoms with van der Waals surface area (Å²) in [6.07, 6.45) is 4.57. The molecule has 0 heterocycles. The van der Waals surface area contributed by atoms with Gasteiger partial charge in [-0.3, -0.25) is 9.59 Å². The Morgan fingerprint density at radius 3 is 2.00 bits per heavy atom. The molecule has 26 heavy (non-hydrogen) atoms. The van der Waals surface area contributed by atoms with Crippen LogP contribution in [-0.2, 0) is 27.2 Å². The molecule has 3 heteroatoms. The van der Waals surface area contributed by atoms with E-state index in [0.717, 1.165) is 30.4 Å². The minimum absolute atomic E-state index is 0.0505. The zero-order valence-electron chi connectivity index (χ0n) is 15.3. The van der Waals surface area contributed by atoms with Gasteiger partial charge in [-0.15, -0.1) is 0 Å². The molecule has 1 aliphatic rings. The second-order valence-electron chi connectivity index (χ2n) is 7.29. The summed E-state index contributed by atoms with van der Waals surface area (Å²) in [5.74, 6) is -0.980. The standard InChI is InChI=1S/C23H26O3/c1-26-22(25)20-14-8-9-15-23(21(20)24,16-18-10-4-2-5-11-18)17-19-12-6-3-7-13-19/h2-7,10-13,20H,8-9,14-17H2,1H3. The Labute approximate surface area is 155 Å². The Morgan fingerprint density at radius 1 is 0.962 bits per heavy atom. The number of benzene rings is 2. The van der Waals surface area contributed by atoms with Crippen LogP contribution in [0, 0.1) is 11.3 Å². The number of rotatable bonds is 5. The molecule has 0 radical (unpaired) electrons. The zero-order valence-corrected chi connectivity index (χ0v) is 15.3. The van der Waals surface area contributed by atoms with Gasteiger partial charge >= 0.3 is 5.97 Å². The van der Waals surface area contributed by atoms with Crippen molar-refractivity contribution in [1.29, 1.82) is 0 Å². The lowest BCUT2D eigenvalue weighted by molar-refractivity contribution is -0.152. The van der Waals surface area contributed by atoms with E-state index in [-0.39, 0.29) is 11.8 Å². The van der Waals surface area contributed by atoms with Crippen LogP contribution in [0.2, 0.25) is 0 Å². The summed E-state index contributed by atoms with van der Waals surface area (Å²) in [7, 11) is 1.37. The molecule has 1 fully saturated rings. The molecule has 0 amide bonds. The Bertz CT molecular complexity index is 695. The second-order valence-corrected chi connectivity index (χ2v) is 7.29. The first-order valence-corrected chi connectivity index (χ1v) is 9.35. The molecule has 0 saturated heterocycles. The molecule has 0 aliphatic heterocycles. The summed E-state index contributed by atoms with van der Waals surface area (Å²) >= 11 is 0. The number of Topliss-reactive ketones (excluding diaryl/α,β-unsaturated/α-hetero) is 1. The van der Waals surface area contributed by atoms with Crippen molar-refractivity contribution < 1.29 is 14.3 Å². The zero-order chi connectivity index (χ0) is 18.4. The molecule has 3 nitrogen and oxygen atoms in total. The molecular weight excluding hydrogens is 324 g/mol. The monoisotopic (exact) mass is 350 g/mol. The quantitative estimate of drug-likeness (QED) is 0.456. The first kappa shape index (κ1) is 18.4. The average molecular weight is 350 g/mol. The first-order valence-electron chi connectivity index (χ1n) is 9.35. The van der Waals surface area contributed by atoms with Gasteiger partial charge in [0.1, 0.15) is 5.92 Å². The molecule has 2 aromatic carbocycles. The van der Waals surface area contributed by atoms with Gasteiger partial charge in [0.2, 0.25) is 0 Å². The lowest BCUT2D eigenvalue weighted by atomic mass is 9.68. The summed E-state index contributed by atoms with van der Waals surface area (Å²) in [5, 5.41) is 0. The lowest BCUT2D eigenvalue weighted by Crippen LogP contribution is -2.41. The molecule has 1 aliphatic carbocycles. The fourth-order valence-electron chi connectivity index (χ4n) is 4.19. The van der Waals surface area contributed by atoms with E-state index in [1.807, 2.05) is 36.4 Å². The van der Waals surface area contributed by atoms with E-state index in [1.165, 1.54) is 7.11 Å². The van der Waals surface area contributed by atoms with Crippen molar-refractivity contribution in [2.45, 2.75) is 38.5 Å². The van der Waals surface area contributed by atoms with Crippen molar-refractivity contribution in [2.24, 2.45) is 11.3 Å². The lowest BCUT2D eigenvalue weighted by Gasteiger charge is -2.33. The highest BCUT2D eigenvalue weighted by Gasteiger charge is 2.45. The van der Waals surface area contributed by atoms with Crippen LogP contribution >= 0.6 is 0 Å². The molecule has 0 aromatic heterocycles. The minimum Gasteiger partial charge on any atom is -0.468 e. The Kier molecular flexibility index (Phi) is 5.87. The van der Waals surface area contributed by atoms with Gasteiger partial charge in [-0.2, -0.15) is 0 Å². The van der Waals surface area contributed by atoms with E-state index < -0.39 is 11.3 Å². The number of ketones is 1. The van der Waals surface area contributed by atoms with E-state index in [0.29, 0.717) is 19.3 Å². The molecule has 0 N–H and O–H groups in total. The number of ether oxygens (including phenoxy) is 1. The molecular formula is C23H26O3. The van der Waals surface area contributed by atoms with Crippen LogP contribution in [0.25, 0.3) is 0 Å². The number of carbonyl (C=O) groups is 2. The van der Waals surface area contributed by atoms with Crippen LogP contribution < -0.4 is 0 Å². The van der Waals surface area contributed by atoms with Crippen molar-refractivity contribution in [3.63, 3.8) is 0 Å². The maximum atomic E-state index is 13.6. The number of carbonyl (C=O) groups excluding carboxylic acids is 2. The van der Waals surface area contributed by atoms with Crippen molar-refractivity contribution in [1.82, 2.24) is 0 Å². The third-order valence-electron chi connectivity index (χ3n) is 5.49. The molecule has 0 bridgehead atoms. The highest BCUT2D eigenvalue weighted by atomic mass is 16.5. The Balaban J connectivity index is 2.00. The van der Waals surface area contributed by atoms with Crippen molar-refractivity contribution >= 4 is 11.8 Å². The van der Waals surface area contributed by atoms with Gasteiger partial charge < -0.3 is 4.74 Å². The second kappa shape index (κ2) is 8.31. The number of hydrogen-bond acceptors (Lipinski definition) is 3. The first-order chi connectivity index (χ1) is 12.6. The van der Waals surface area contributed by atoms with Crippen molar-refractivity contribution in [3.05, 3.63) is 71.8 Å². The predicted octanol–water partition coefficient (Wildman–Crippen LogP) is 4.39. The number of hydrogen-bond donors (Lipinski definition) is 0. The molecule has 136 valence electrons. The minimum atomic E-state index is -0.644. The van der Waals surface area contributed by atoms with Crippen LogP contribution in [0.5, 0.6) is 0 Å². The Morgan fingerprint density at radius 2 is 1.50 bits per heavy atom. The third kappa shape index (κ3) is 4.04. The highest BCUT2D eigenvalue weighted by Crippen LogP contribution is 2.41. The van der Waals surface area contributed by atoms with Crippen LogP contribution in [0.15, 0.2) is 60.7 Å². The van der Waals surface area contributed by atoms with Crippen LogP contribution in [0.3, 0.4) is 0 Å². The van der Waals surface area contributed by atoms with Gasteiger partial charge in [0.25, 0.3) is 0 Å². The van der Waals surface area contributed by atoms with Crippen LogP contribution in [0.1, 0.15) is 36.8 Å². The summed E-state index contributed by atoms with van der Waals surface area (Å²) in [6, 6.07) is 20.3. The molecule has 0 spiro atoms. The molecule has 1 atom stereocenters. The van der Waals surface area contributed by atoms with E-state index in [9.17, 15) is 9.59 Å². The largest absolute Gasteiger partial charge is 0.468 e. The summed E-state index contributed by atoms with van der Waals surface area (Å²) < 4.78 is 4.95. The third-order valence-corrected chi connectivity index (χ3v) is 5.49. The fraction of sp³-hybridized carbons (Fsp3) is 0.391. The smallest absolute Gasteiger partial charge is 0.316 e. The van der Waals surface area contributed by atoms with Crippen molar-refractivity contribution in [3.8, 4) is 0 Å². The predicted molar refractivity (Wildman–Crippen MR) is 102 cm³/mol. The molecule has 1 unspecified atom stereocenters. The SMILES string of the molecule is COC(=O)C1CCCCC(Cc2ccccc2)(Cc2ccccc2)C1=O. The van der Waals surface area contributed by atoms with E-state index in [1.54, 1.807) is 0 Å². The van der Waals surface area contributed by atoms with E-state index in [2.05, 4.69) is 24.3 Å². The van der Waals surface area contributed by atoms with Crippen LogP contribution in [0.4, 0.5) is 0 Å². The van der Waals surface area contributed by atoms with Gasteiger partial charge in [0.05, 0.1) is 7.11 Å². The summed E-state index contributed by atoms with van der Waals surface area (Å²) in [6.45, 7) is 0. The van der Waals surface area contributed by atoms with Gasteiger partial charge in [-0.1, -0.05) is 73.5 Å². The average Bonchev–Trinajstić information content (AvgIpc) is 2.83. The van der Waals surface area contributed by atoms with Crippen LogP contribution in [-0.4, -0.2) is 18.9 Å². The number of esters is 1. The van der Waals surface area contributed by atoms with Gasteiger partial charge in [-0.25, -0.2) is 0 Å². The van der Waals surface area contributed by atoms with Gasteiger partial charge in [0.15, 0.2) is 5.78 Å². The summed E-state index contributed by atoms with van der Waals surface area (Å²) in [4.78, 5) is 25.9. The topological polar surface area (TPSA) is 43.4 Å². The molecule has 2 aromatic rings. The maximum Gasteiger partial charge on any atom is 0.316 e. The van der Waals surface area contributed by atoms with E-state index >= 15 is 0 Å².